The standard InChI is InChI=1S/C7H7N5OS/c14-7(12-5-8-1-2-9-5)13-6-10-3-4-11-6/h1-4H,(H,10,11)(H2,8,9,12,14). The van der Waals surface area contributed by atoms with E-state index in [1.807, 2.05) is 0 Å². The molecule has 0 aliphatic carbocycles. The van der Waals surface area contributed by atoms with Gasteiger partial charge in [0.25, 0.3) is 5.17 Å². The van der Waals surface area contributed by atoms with E-state index >= 15 is 0 Å². The Morgan fingerprint density at radius 1 is 1.29 bits per heavy atom. The fourth-order valence-electron chi connectivity index (χ4n) is 0.850. The van der Waals surface area contributed by atoms with Crippen molar-refractivity contribution in [1.82, 2.24) is 19.9 Å². The van der Waals surface area contributed by atoms with Crippen molar-refractivity contribution in [2.45, 2.75) is 0 Å². The van der Waals surface area contributed by atoms with E-state index in [1.54, 1.807) is 24.8 Å². The molecule has 3 N–H and O–H groups in total. The topological polar surface area (TPSA) is 78.6 Å². The Morgan fingerprint density at radius 3 is 2.71 bits per heavy atom. The van der Waals surface area contributed by atoms with Gasteiger partial charge in [0.2, 0.25) is 5.95 Å². The van der Waals surface area contributed by atoms with Crippen molar-refractivity contribution in [3.05, 3.63) is 24.8 Å². The minimum atomic E-state index is 0.176. The highest BCUT2D eigenvalue weighted by atomic mass is 32.1. The van der Waals surface area contributed by atoms with Crippen molar-refractivity contribution in [2.75, 3.05) is 5.32 Å². The number of ether oxygens (including phenoxy) is 1. The molecule has 72 valence electrons. The second kappa shape index (κ2) is 3.88. The lowest BCUT2D eigenvalue weighted by Crippen LogP contribution is -2.17. The van der Waals surface area contributed by atoms with Crippen LogP contribution in [0.4, 0.5) is 5.95 Å². The molecule has 7 heteroatoms. The molecule has 2 rings (SSSR count). The lowest BCUT2D eigenvalue weighted by molar-refractivity contribution is 0.520. The SMILES string of the molecule is S=C(Nc1ncc[nH]1)Oc1ncc[nH]1. The summed E-state index contributed by atoms with van der Waals surface area (Å²) in [5.74, 6) is 0.529. The maximum Gasteiger partial charge on any atom is 0.301 e. The molecule has 0 saturated heterocycles. The Labute approximate surface area is 84.7 Å². The van der Waals surface area contributed by atoms with E-state index in [-0.39, 0.29) is 5.17 Å². The number of H-pyrrole nitrogens is 2. The smallest absolute Gasteiger partial charge is 0.301 e. The van der Waals surface area contributed by atoms with Crippen LogP contribution in [-0.4, -0.2) is 25.1 Å². The molecule has 0 amide bonds. The highest BCUT2D eigenvalue weighted by Gasteiger charge is 2.02. The van der Waals surface area contributed by atoms with Gasteiger partial charge in [0, 0.05) is 24.8 Å². The highest BCUT2D eigenvalue weighted by Crippen LogP contribution is 2.01. The molecule has 0 saturated carbocycles. The van der Waals surface area contributed by atoms with E-state index in [0.717, 1.165) is 0 Å². The molecule has 0 radical (unpaired) electrons. The highest BCUT2D eigenvalue weighted by molar-refractivity contribution is 7.80. The average Bonchev–Trinajstić information content (AvgIpc) is 2.76. The van der Waals surface area contributed by atoms with E-state index < -0.39 is 0 Å². The van der Waals surface area contributed by atoms with Gasteiger partial charge in [-0.15, -0.1) is 0 Å². The number of rotatable bonds is 2. The van der Waals surface area contributed by atoms with Crippen LogP contribution >= 0.6 is 12.2 Å². The van der Waals surface area contributed by atoms with E-state index in [4.69, 9.17) is 17.0 Å². The van der Waals surface area contributed by atoms with Gasteiger partial charge in [-0.2, -0.15) is 0 Å². The summed E-state index contributed by atoms with van der Waals surface area (Å²) >= 11 is 4.90. The molecule has 2 aromatic rings. The van der Waals surface area contributed by atoms with Gasteiger partial charge in [-0.1, -0.05) is 0 Å². The van der Waals surface area contributed by atoms with E-state index in [2.05, 4.69) is 25.3 Å². The normalized spacial score (nSPS) is 9.71. The number of nitrogens with zero attached hydrogens (tertiary/aromatic N) is 2. The summed E-state index contributed by atoms with van der Waals surface area (Å²) in [7, 11) is 0. The molecule has 2 heterocycles. The predicted molar refractivity (Wildman–Crippen MR) is 54.0 cm³/mol. The summed E-state index contributed by atoms with van der Waals surface area (Å²) in [6.45, 7) is 0. The fourth-order valence-corrected chi connectivity index (χ4v) is 1.03. The molecule has 0 fully saturated rings. The maximum atomic E-state index is 5.12. The van der Waals surface area contributed by atoms with Gasteiger partial charge in [-0.25, -0.2) is 9.97 Å². The van der Waals surface area contributed by atoms with Gasteiger partial charge in [-0.3, -0.25) is 5.32 Å². The van der Waals surface area contributed by atoms with Crippen LogP contribution in [0.2, 0.25) is 0 Å². The molecule has 0 spiro atoms. The second-order valence-corrected chi connectivity index (χ2v) is 2.72. The van der Waals surface area contributed by atoms with Gasteiger partial charge in [0.1, 0.15) is 0 Å². The van der Waals surface area contributed by atoms with Crippen molar-refractivity contribution >= 4 is 23.3 Å². The van der Waals surface area contributed by atoms with E-state index in [9.17, 15) is 0 Å². The fraction of sp³-hybridized carbons (Fsp3) is 0. The summed E-state index contributed by atoms with van der Waals surface area (Å²) in [5, 5.41) is 2.92. The third kappa shape index (κ3) is 2.07. The first-order chi connectivity index (χ1) is 6.84. The van der Waals surface area contributed by atoms with Crippen molar-refractivity contribution in [2.24, 2.45) is 0 Å². The first-order valence-corrected chi connectivity index (χ1v) is 4.23. The molecule has 0 aromatic carbocycles. The van der Waals surface area contributed by atoms with Crippen LogP contribution < -0.4 is 10.1 Å². The third-order valence-corrected chi connectivity index (χ3v) is 1.57. The quantitative estimate of drug-likeness (QED) is 0.641. The van der Waals surface area contributed by atoms with E-state index in [0.29, 0.717) is 12.0 Å². The van der Waals surface area contributed by atoms with Gasteiger partial charge in [0.15, 0.2) is 0 Å². The van der Waals surface area contributed by atoms with Crippen LogP contribution in [0.3, 0.4) is 0 Å². The van der Waals surface area contributed by atoms with Gasteiger partial charge in [-0.05, 0) is 12.2 Å². The molecule has 0 aliphatic rings. The maximum absolute atomic E-state index is 5.12. The molecule has 6 nitrogen and oxygen atoms in total. The largest absolute Gasteiger partial charge is 0.398 e. The third-order valence-electron chi connectivity index (χ3n) is 1.38. The predicted octanol–water partition coefficient (Wildman–Crippen LogP) is 0.909. The number of nitrogens with one attached hydrogen (secondary N) is 3. The van der Waals surface area contributed by atoms with Crippen LogP contribution in [0, 0.1) is 0 Å². The average molecular weight is 209 g/mol. The van der Waals surface area contributed by atoms with Crippen molar-refractivity contribution in [3.8, 4) is 6.01 Å². The lowest BCUT2D eigenvalue weighted by atomic mass is 10.9. The number of hydrogen-bond donors (Lipinski definition) is 3. The van der Waals surface area contributed by atoms with Gasteiger partial charge >= 0.3 is 6.01 Å². The van der Waals surface area contributed by atoms with Crippen LogP contribution in [0.1, 0.15) is 0 Å². The summed E-state index contributed by atoms with van der Waals surface area (Å²) in [6.07, 6.45) is 6.51. The summed E-state index contributed by atoms with van der Waals surface area (Å²) < 4.78 is 5.12. The Bertz CT molecular complexity index is 357. The molecule has 0 unspecified atom stereocenters. The number of imidazole rings is 2. The van der Waals surface area contributed by atoms with Crippen LogP contribution in [0.15, 0.2) is 24.8 Å². The second-order valence-electron chi connectivity index (χ2n) is 2.35. The number of thiocarbonyl (C=S) groups is 1. The van der Waals surface area contributed by atoms with Crippen molar-refractivity contribution in [3.63, 3.8) is 0 Å². The van der Waals surface area contributed by atoms with Crippen molar-refractivity contribution < 1.29 is 4.74 Å². The van der Waals surface area contributed by atoms with E-state index in [1.165, 1.54) is 0 Å². The zero-order chi connectivity index (χ0) is 9.80. The Hall–Kier alpha value is -1.89. The van der Waals surface area contributed by atoms with Crippen LogP contribution in [0.25, 0.3) is 0 Å². The molecule has 0 atom stereocenters. The minimum Gasteiger partial charge on any atom is -0.398 e. The number of aromatic nitrogens is 4. The summed E-state index contributed by atoms with van der Waals surface area (Å²) in [5.41, 5.74) is 0. The molecular weight excluding hydrogens is 202 g/mol. The molecule has 14 heavy (non-hydrogen) atoms. The monoisotopic (exact) mass is 209 g/mol. The zero-order valence-corrected chi connectivity index (χ0v) is 7.84. The Balaban J connectivity index is 1.91. The number of anilines is 1. The van der Waals surface area contributed by atoms with Crippen molar-refractivity contribution in [1.29, 1.82) is 0 Å². The van der Waals surface area contributed by atoms with Crippen LogP contribution in [-0.2, 0) is 0 Å². The molecule has 2 aromatic heterocycles. The summed E-state index contributed by atoms with van der Waals surface area (Å²) in [6, 6.07) is 0.342. The zero-order valence-electron chi connectivity index (χ0n) is 7.02. The molecule has 0 bridgehead atoms. The van der Waals surface area contributed by atoms with Gasteiger partial charge < -0.3 is 14.7 Å². The minimum absolute atomic E-state index is 0.176. The molecule has 0 aliphatic heterocycles. The molecular formula is C7H7N5OS. The number of aromatic amines is 2. The van der Waals surface area contributed by atoms with Gasteiger partial charge in [0.05, 0.1) is 0 Å². The van der Waals surface area contributed by atoms with Crippen LogP contribution in [0.5, 0.6) is 6.01 Å². The summed E-state index contributed by atoms with van der Waals surface area (Å²) in [4.78, 5) is 13.4. The Kier molecular flexibility index (Phi) is 2.41. The first-order valence-electron chi connectivity index (χ1n) is 3.82. The Morgan fingerprint density at radius 2 is 2.07 bits per heavy atom. The lowest BCUT2D eigenvalue weighted by Gasteiger charge is -2.03. The first kappa shape index (κ1) is 8.70. The number of hydrogen-bond acceptors (Lipinski definition) is 4.